The number of nitrogens with zero attached hydrogens (tertiary/aromatic N) is 2. The highest BCUT2D eigenvalue weighted by Gasteiger charge is 2.44. The second-order valence-corrected chi connectivity index (χ2v) is 13.7. The van der Waals surface area contributed by atoms with Crippen LogP contribution < -0.4 is 5.32 Å². The third-order valence-corrected chi connectivity index (χ3v) is 10.4. The number of amides is 2. The summed E-state index contributed by atoms with van der Waals surface area (Å²) in [5.74, 6) is -1.61. The van der Waals surface area contributed by atoms with Crippen molar-refractivity contribution in [2.45, 2.75) is 74.8 Å². The van der Waals surface area contributed by atoms with Crippen LogP contribution >= 0.6 is 11.6 Å². The van der Waals surface area contributed by atoms with Gasteiger partial charge in [-0.15, -0.1) is 0 Å². The Morgan fingerprint density at radius 3 is 2.44 bits per heavy atom. The van der Waals surface area contributed by atoms with Crippen LogP contribution in [0, 0.1) is 5.92 Å². The first-order chi connectivity index (χ1) is 19.2. The largest absolute Gasteiger partial charge is 0.416 e. The van der Waals surface area contributed by atoms with Crippen LogP contribution in [0.1, 0.15) is 55.5 Å². The van der Waals surface area contributed by atoms with Gasteiger partial charge in [-0.2, -0.15) is 13.2 Å². The molecule has 7 nitrogen and oxygen atoms in total. The normalized spacial score (nSPS) is 23.8. The monoisotopic (exact) mass is 613 g/mol. The third-order valence-electron chi connectivity index (χ3n) is 8.31. The highest BCUT2D eigenvalue weighted by atomic mass is 35.5. The summed E-state index contributed by atoms with van der Waals surface area (Å²) in [6, 6.07) is 9.24. The number of carbonyl (C=O) groups excluding carboxylic acids is 2. The van der Waals surface area contributed by atoms with Crippen LogP contribution in [0.5, 0.6) is 0 Å². The van der Waals surface area contributed by atoms with Gasteiger partial charge < -0.3 is 15.1 Å². The maximum Gasteiger partial charge on any atom is 0.416 e. The van der Waals surface area contributed by atoms with Gasteiger partial charge in [0.1, 0.15) is 6.04 Å². The van der Waals surface area contributed by atoms with E-state index >= 15 is 0 Å². The van der Waals surface area contributed by atoms with Crippen molar-refractivity contribution in [3.05, 3.63) is 64.7 Å². The van der Waals surface area contributed by atoms with Crippen molar-refractivity contribution in [3.8, 4) is 0 Å². The first kappa shape index (κ1) is 31.3. The van der Waals surface area contributed by atoms with E-state index < -0.39 is 33.5 Å². The molecule has 2 aromatic rings. The Bertz CT molecular complexity index is 1370. The van der Waals surface area contributed by atoms with E-state index in [2.05, 4.69) is 24.1 Å². The molecule has 1 saturated heterocycles. The van der Waals surface area contributed by atoms with Crippen LogP contribution in [0.15, 0.2) is 53.4 Å². The van der Waals surface area contributed by atoms with Crippen molar-refractivity contribution in [1.29, 1.82) is 0 Å². The van der Waals surface area contributed by atoms with E-state index in [1.54, 1.807) is 4.90 Å². The fraction of sp³-hybridized carbons (Fsp3) is 0.517. The third kappa shape index (κ3) is 7.24. The summed E-state index contributed by atoms with van der Waals surface area (Å²) in [6.45, 7) is 4.47. The van der Waals surface area contributed by atoms with Crippen molar-refractivity contribution < 1.29 is 31.2 Å². The molecule has 1 saturated carbocycles. The molecule has 4 rings (SSSR count). The van der Waals surface area contributed by atoms with Crippen LogP contribution in [-0.2, 0) is 20.8 Å². The van der Waals surface area contributed by atoms with E-state index in [0.717, 1.165) is 24.6 Å². The van der Waals surface area contributed by atoms with Gasteiger partial charge in [0.2, 0.25) is 5.91 Å². The molecule has 2 amide bonds. The van der Waals surface area contributed by atoms with Gasteiger partial charge in [-0.3, -0.25) is 9.59 Å². The minimum absolute atomic E-state index is 0.144. The van der Waals surface area contributed by atoms with Crippen molar-refractivity contribution in [3.63, 3.8) is 0 Å². The lowest BCUT2D eigenvalue weighted by atomic mass is 9.81. The number of hydrogen-bond donors (Lipinski definition) is 1. The van der Waals surface area contributed by atoms with Crippen molar-refractivity contribution >= 4 is 33.3 Å². The highest BCUT2D eigenvalue weighted by Crippen LogP contribution is 2.36. The zero-order valence-electron chi connectivity index (χ0n) is 23.2. The van der Waals surface area contributed by atoms with E-state index in [1.165, 1.54) is 30.3 Å². The van der Waals surface area contributed by atoms with Gasteiger partial charge in [0, 0.05) is 35.3 Å². The van der Waals surface area contributed by atoms with E-state index in [4.69, 9.17) is 11.6 Å². The lowest BCUT2D eigenvalue weighted by molar-refractivity contribution is -0.137. The number of sulfone groups is 1. The van der Waals surface area contributed by atoms with Gasteiger partial charge in [-0.1, -0.05) is 17.7 Å². The smallest absolute Gasteiger partial charge is 0.340 e. The lowest BCUT2D eigenvalue weighted by Gasteiger charge is -2.44. The van der Waals surface area contributed by atoms with E-state index in [9.17, 15) is 31.2 Å². The Balaban J connectivity index is 1.52. The number of carbonyl (C=O) groups is 2. The number of benzene rings is 2. The van der Waals surface area contributed by atoms with Gasteiger partial charge >= 0.3 is 6.18 Å². The molecule has 4 atom stereocenters. The molecule has 2 fully saturated rings. The maximum absolute atomic E-state index is 13.5. The van der Waals surface area contributed by atoms with Crippen molar-refractivity contribution in [2.75, 3.05) is 19.3 Å². The average Bonchev–Trinajstić information content (AvgIpc) is 3.27. The summed E-state index contributed by atoms with van der Waals surface area (Å²) in [5, 5.41) is 3.02. The Kier molecular flexibility index (Phi) is 9.40. The van der Waals surface area contributed by atoms with Crippen LogP contribution in [0.3, 0.4) is 0 Å². The number of hydrogen-bond acceptors (Lipinski definition) is 5. The topological polar surface area (TPSA) is 86.8 Å². The molecule has 0 bridgehead atoms. The molecule has 1 heterocycles. The Morgan fingerprint density at radius 2 is 1.80 bits per heavy atom. The van der Waals surface area contributed by atoms with Crippen molar-refractivity contribution in [2.24, 2.45) is 5.92 Å². The summed E-state index contributed by atoms with van der Waals surface area (Å²) in [4.78, 5) is 30.3. The molecule has 0 unspecified atom stereocenters. The second kappa shape index (κ2) is 12.3. The van der Waals surface area contributed by atoms with Gasteiger partial charge in [0.15, 0.2) is 9.84 Å². The van der Waals surface area contributed by atoms with Gasteiger partial charge in [-0.05, 0) is 95.0 Å². The minimum atomic E-state index is -4.60. The fourth-order valence-corrected chi connectivity index (χ4v) is 7.66. The molecule has 0 spiro atoms. The Labute approximate surface area is 243 Å². The maximum atomic E-state index is 13.5. The Hall–Kier alpha value is -2.63. The zero-order chi connectivity index (χ0) is 30.1. The molecule has 1 aliphatic heterocycles. The first-order valence-electron chi connectivity index (χ1n) is 13.7. The number of rotatable bonds is 8. The van der Waals surface area contributed by atoms with Gasteiger partial charge in [0.25, 0.3) is 5.91 Å². The summed E-state index contributed by atoms with van der Waals surface area (Å²) in [5.41, 5.74) is -1.13. The summed E-state index contributed by atoms with van der Waals surface area (Å²) < 4.78 is 66.2. The van der Waals surface area contributed by atoms with Crippen LogP contribution in [-0.4, -0.2) is 73.5 Å². The number of alkyl halides is 3. The second-order valence-electron chi connectivity index (χ2n) is 11.2. The van der Waals surface area contributed by atoms with Crippen LogP contribution in [0.4, 0.5) is 13.2 Å². The van der Waals surface area contributed by atoms with E-state index in [-0.39, 0.29) is 52.6 Å². The molecule has 1 aliphatic carbocycles. The quantitative estimate of drug-likeness (QED) is 0.451. The predicted molar refractivity (Wildman–Crippen MR) is 150 cm³/mol. The minimum Gasteiger partial charge on any atom is -0.340 e. The summed E-state index contributed by atoms with van der Waals surface area (Å²) in [6.07, 6.45) is -2.35. The zero-order valence-corrected chi connectivity index (χ0v) is 24.8. The summed E-state index contributed by atoms with van der Waals surface area (Å²) in [7, 11) is -1.67. The molecule has 224 valence electrons. The number of nitrogens with one attached hydrogen (secondary N) is 1. The molecule has 0 aromatic heterocycles. The van der Waals surface area contributed by atoms with Gasteiger partial charge in [0.05, 0.1) is 16.2 Å². The summed E-state index contributed by atoms with van der Waals surface area (Å²) >= 11 is 5.95. The first-order valence-corrected chi connectivity index (χ1v) is 15.7. The molecule has 2 aromatic carbocycles. The predicted octanol–water partition coefficient (Wildman–Crippen LogP) is 5.04. The van der Waals surface area contributed by atoms with Crippen LogP contribution in [0.25, 0.3) is 0 Å². The molecular formula is C29H35ClF3N3O4S. The fourth-order valence-electron chi connectivity index (χ4n) is 5.87. The molecule has 2 aliphatic rings. The highest BCUT2D eigenvalue weighted by molar-refractivity contribution is 7.91. The number of likely N-dealkylation sites (tertiary alicyclic amines) is 1. The molecule has 41 heavy (non-hydrogen) atoms. The molecule has 1 N–H and O–H groups in total. The van der Waals surface area contributed by atoms with Crippen LogP contribution in [0.2, 0.25) is 5.02 Å². The SMILES string of the molecule is CC(C)N(C)[C@@H]1CC[C@H](N2CC[C@H](NC(=O)c3cccc(C(F)(F)F)c3)C2=O)[C@@H](CS(=O)(=O)c2ccc(Cl)cc2)C1. The molecular weight excluding hydrogens is 579 g/mol. The lowest BCUT2D eigenvalue weighted by Crippen LogP contribution is -2.53. The van der Waals surface area contributed by atoms with E-state index in [0.29, 0.717) is 24.4 Å². The number of halogens is 4. The Morgan fingerprint density at radius 1 is 1.12 bits per heavy atom. The van der Waals surface area contributed by atoms with E-state index in [1.807, 2.05) is 7.05 Å². The molecule has 0 radical (unpaired) electrons. The standard InChI is InChI=1S/C29H35ClF3N3O4S/c1-18(2)35(3)23-9-12-26(20(16-23)17-41(39,40)24-10-7-22(30)8-11-24)36-14-13-25(28(36)38)34-27(37)19-5-4-6-21(15-19)29(31,32)33/h4-8,10-11,15,18,20,23,25-26H,9,12-14,16-17H2,1-3H3,(H,34,37)/t20-,23-,25+,26+/m1/s1. The van der Waals surface area contributed by atoms with Crippen molar-refractivity contribution in [1.82, 2.24) is 15.1 Å². The molecule has 12 heteroatoms. The average molecular weight is 614 g/mol. The van der Waals surface area contributed by atoms with Gasteiger partial charge in [-0.25, -0.2) is 8.42 Å².